The van der Waals surface area contributed by atoms with Crippen molar-refractivity contribution in [3.63, 3.8) is 0 Å². The third-order valence-corrected chi connectivity index (χ3v) is 6.38. The molecule has 1 aliphatic heterocycles. The van der Waals surface area contributed by atoms with E-state index in [-0.39, 0.29) is 12.5 Å². The van der Waals surface area contributed by atoms with E-state index in [9.17, 15) is 13.2 Å². The Labute approximate surface area is 161 Å². The molecule has 27 heavy (non-hydrogen) atoms. The van der Waals surface area contributed by atoms with Crippen molar-refractivity contribution in [2.45, 2.75) is 11.8 Å². The molecule has 0 aliphatic carbocycles. The van der Waals surface area contributed by atoms with E-state index in [2.05, 4.69) is 10.6 Å². The van der Waals surface area contributed by atoms with Crippen molar-refractivity contribution < 1.29 is 17.9 Å². The fourth-order valence-corrected chi connectivity index (χ4v) is 4.26. The Morgan fingerprint density at radius 2 is 1.74 bits per heavy atom. The summed E-state index contributed by atoms with van der Waals surface area (Å²) >= 11 is 0. The fraction of sp³-hybridized carbons (Fsp3) is 0.611. The summed E-state index contributed by atoms with van der Waals surface area (Å²) in [6, 6.07) is 6.89. The molecule has 1 heterocycles. The first-order valence-corrected chi connectivity index (χ1v) is 10.6. The minimum Gasteiger partial charge on any atom is -0.383 e. The van der Waals surface area contributed by atoms with Gasteiger partial charge in [-0.2, -0.15) is 4.31 Å². The van der Waals surface area contributed by atoms with Gasteiger partial charge >= 0.3 is 0 Å². The topological polar surface area (TPSA) is 91.0 Å². The van der Waals surface area contributed by atoms with Gasteiger partial charge in [0.2, 0.25) is 15.9 Å². The predicted molar refractivity (Wildman–Crippen MR) is 104 cm³/mol. The molecular formula is C18H30N4O4S. The summed E-state index contributed by atoms with van der Waals surface area (Å²) in [7, 11) is -1.82. The van der Waals surface area contributed by atoms with Crippen molar-refractivity contribution >= 4 is 15.9 Å². The third kappa shape index (κ3) is 6.86. The average molecular weight is 399 g/mol. The fourth-order valence-electron chi connectivity index (χ4n) is 2.84. The lowest BCUT2D eigenvalue weighted by Gasteiger charge is -2.33. The van der Waals surface area contributed by atoms with E-state index < -0.39 is 10.0 Å². The maximum Gasteiger partial charge on any atom is 0.243 e. The minimum atomic E-state index is -3.47. The van der Waals surface area contributed by atoms with Gasteiger partial charge in [0, 0.05) is 52.9 Å². The SMILES string of the molecule is COCCNCCNC(=O)CN1CCN(S(=O)(=O)c2ccc(C)cc2)CC1. The molecule has 152 valence electrons. The van der Waals surface area contributed by atoms with E-state index in [1.165, 1.54) is 4.31 Å². The Hall–Kier alpha value is -1.52. The van der Waals surface area contributed by atoms with Gasteiger partial charge in [0.15, 0.2) is 0 Å². The molecule has 0 atom stereocenters. The second kappa shape index (κ2) is 10.7. The molecular weight excluding hydrogens is 368 g/mol. The van der Waals surface area contributed by atoms with Crippen LogP contribution < -0.4 is 10.6 Å². The summed E-state index contributed by atoms with van der Waals surface area (Å²) in [5.74, 6) is -0.0432. The normalized spacial score (nSPS) is 16.4. The highest BCUT2D eigenvalue weighted by Crippen LogP contribution is 2.18. The molecule has 9 heteroatoms. The van der Waals surface area contributed by atoms with Crippen molar-refractivity contribution in [3.05, 3.63) is 29.8 Å². The summed E-state index contributed by atoms with van der Waals surface area (Å²) in [5, 5.41) is 6.02. The van der Waals surface area contributed by atoms with Gasteiger partial charge in [-0.1, -0.05) is 17.7 Å². The standard InChI is InChI=1S/C18H30N4O4S/c1-16-3-5-17(6-4-16)27(24,25)22-12-10-21(11-13-22)15-18(23)20-8-7-19-9-14-26-2/h3-6,19H,7-15H2,1-2H3,(H,20,23). The molecule has 1 aliphatic rings. The van der Waals surface area contributed by atoms with Crippen molar-refractivity contribution in [2.24, 2.45) is 0 Å². The zero-order valence-electron chi connectivity index (χ0n) is 16.1. The summed E-state index contributed by atoms with van der Waals surface area (Å²) in [4.78, 5) is 14.3. The molecule has 1 aromatic rings. The predicted octanol–water partition coefficient (Wildman–Crippen LogP) is -0.346. The summed E-state index contributed by atoms with van der Waals surface area (Å²) in [5.41, 5.74) is 1.03. The van der Waals surface area contributed by atoms with Crippen LogP contribution in [0.3, 0.4) is 0 Å². The lowest BCUT2D eigenvalue weighted by molar-refractivity contribution is -0.122. The number of hydrogen-bond acceptors (Lipinski definition) is 6. The monoisotopic (exact) mass is 398 g/mol. The van der Waals surface area contributed by atoms with E-state index in [1.54, 1.807) is 31.4 Å². The van der Waals surface area contributed by atoms with Crippen LogP contribution in [0.15, 0.2) is 29.2 Å². The molecule has 0 aromatic heterocycles. The Morgan fingerprint density at radius 3 is 2.37 bits per heavy atom. The summed E-state index contributed by atoms with van der Waals surface area (Å²) in [6.45, 7) is 6.74. The molecule has 0 bridgehead atoms. The maximum atomic E-state index is 12.7. The highest BCUT2D eigenvalue weighted by Gasteiger charge is 2.28. The number of ether oxygens (including phenoxy) is 1. The van der Waals surface area contributed by atoms with Crippen molar-refractivity contribution in [1.82, 2.24) is 19.8 Å². The number of benzene rings is 1. The van der Waals surface area contributed by atoms with Crippen LogP contribution in [0.5, 0.6) is 0 Å². The first-order valence-electron chi connectivity index (χ1n) is 9.19. The summed E-state index contributed by atoms with van der Waals surface area (Å²) in [6.07, 6.45) is 0. The largest absolute Gasteiger partial charge is 0.383 e. The van der Waals surface area contributed by atoms with Gasteiger partial charge in [-0.05, 0) is 19.1 Å². The minimum absolute atomic E-state index is 0.0432. The molecule has 1 amide bonds. The highest BCUT2D eigenvalue weighted by molar-refractivity contribution is 7.89. The maximum absolute atomic E-state index is 12.7. The molecule has 1 aromatic carbocycles. The van der Waals surface area contributed by atoms with Crippen LogP contribution in [0, 0.1) is 6.92 Å². The van der Waals surface area contributed by atoms with E-state index in [0.717, 1.165) is 12.1 Å². The molecule has 0 spiro atoms. The van der Waals surface area contributed by atoms with Crippen LogP contribution in [0.4, 0.5) is 0 Å². The first kappa shape index (κ1) is 21.8. The average Bonchev–Trinajstić information content (AvgIpc) is 2.65. The van der Waals surface area contributed by atoms with Crippen molar-refractivity contribution in [2.75, 3.05) is 66.1 Å². The first-order chi connectivity index (χ1) is 12.9. The van der Waals surface area contributed by atoms with E-state index >= 15 is 0 Å². The number of rotatable bonds is 10. The number of aryl methyl sites for hydroxylation is 1. The van der Waals surface area contributed by atoms with E-state index in [4.69, 9.17) is 4.74 Å². The molecule has 2 rings (SSSR count). The molecule has 0 radical (unpaired) electrons. The number of hydrogen-bond donors (Lipinski definition) is 2. The van der Waals surface area contributed by atoms with Gasteiger partial charge in [0.1, 0.15) is 0 Å². The number of nitrogens with zero attached hydrogens (tertiary/aromatic N) is 2. The van der Waals surface area contributed by atoms with Crippen LogP contribution in [-0.4, -0.2) is 89.6 Å². The van der Waals surface area contributed by atoms with Crippen molar-refractivity contribution in [1.29, 1.82) is 0 Å². The van der Waals surface area contributed by atoms with E-state index in [0.29, 0.717) is 50.8 Å². The molecule has 1 fully saturated rings. The molecule has 8 nitrogen and oxygen atoms in total. The smallest absolute Gasteiger partial charge is 0.243 e. The number of methoxy groups -OCH3 is 1. The highest BCUT2D eigenvalue weighted by atomic mass is 32.2. The number of piperazine rings is 1. The molecule has 0 unspecified atom stereocenters. The van der Waals surface area contributed by atoms with Crippen molar-refractivity contribution in [3.8, 4) is 0 Å². The van der Waals surface area contributed by atoms with Crippen LogP contribution in [0.1, 0.15) is 5.56 Å². The number of sulfonamides is 1. The lowest BCUT2D eigenvalue weighted by atomic mass is 10.2. The second-order valence-electron chi connectivity index (χ2n) is 6.59. The van der Waals surface area contributed by atoms with Gasteiger partial charge in [0.05, 0.1) is 18.0 Å². The van der Waals surface area contributed by atoms with Gasteiger partial charge in [-0.15, -0.1) is 0 Å². The molecule has 0 saturated carbocycles. The van der Waals surface area contributed by atoms with Gasteiger partial charge < -0.3 is 15.4 Å². The Morgan fingerprint density at radius 1 is 1.07 bits per heavy atom. The van der Waals surface area contributed by atoms with Gasteiger partial charge in [0.25, 0.3) is 0 Å². The lowest BCUT2D eigenvalue weighted by Crippen LogP contribution is -2.51. The third-order valence-electron chi connectivity index (χ3n) is 4.46. The number of nitrogens with one attached hydrogen (secondary N) is 2. The van der Waals surface area contributed by atoms with Crippen LogP contribution in [0.2, 0.25) is 0 Å². The number of amides is 1. The summed E-state index contributed by atoms with van der Waals surface area (Å²) < 4.78 is 31.8. The molecule has 2 N–H and O–H groups in total. The Kier molecular flexibility index (Phi) is 8.65. The number of carbonyl (C=O) groups is 1. The second-order valence-corrected chi connectivity index (χ2v) is 8.52. The zero-order chi connectivity index (χ0) is 19.7. The zero-order valence-corrected chi connectivity index (χ0v) is 16.9. The van der Waals surface area contributed by atoms with Crippen LogP contribution >= 0.6 is 0 Å². The van der Waals surface area contributed by atoms with Gasteiger partial charge in [-0.25, -0.2) is 8.42 Å². The van der Waals surface area contributed by atoms with Crippen LogP contribution in [-0.2, 0) is 19.6 Å². The van der Waals surface area contributed by atoms with E-state index in [1.807, 2.05) is 11.8 Å². The van der Waals surface area contributed by atoms with Crippen LogP contribution in [0.25, 0.3) is 0 Å². The van der Waals surface area contributed by atoms with Gasteiger partial charge in [-0.3, -0.25) is 9.69 Å². The Bertz CT molecular complexity index is 686. The number of carbonyl (C=O) groups excluding carboxylic acids is 1. The Balaban J connectivity index is 1.71. The molecule has 1 saturated heterocycles. The quantitative estimate of drug-likeness (QED) is 0.524.